The number of nitrogens with zero attached hydrogens (tertiary/aromatic N) is 1. The fourth-order valence-electron chi connectivity index (χ4n) is 2.44. The first-order chi connectivity index (χ1) is 8.74. The fourth-order valence-corrected chi connectivity index (χ4v) is 3.55. The molecule has 1 amide bonds. The highest BCUT2D eigenvalue weighted by Gasteiger charge is 2.28. The Morgan fingerprint density at radius 3 is 2.72 bits per heavy atom. The molecule has 18 heavy (non-hydrogen) atoms. The van der Waals surface area contributed by atoms with Gasteiger partial charge in [-0.25, -0.2) is 0 Å². The van der Waals surface area contributed by atoms with Crippen molar-refractivity contribution in [1.82, 2.24) is 9.88 Å². The van der Waals surface area contributed by atoms with Gasteiger partial charge in [-0.1, -0.05) is 0 Å². The number of hydrogen-bond acceptors (Lipinski definition) is 3. The zero-order chi connectivity index (χ0) is 12.5. The molecule has 1 saturated carbocycles. The van der Waals surface area contributed by atoms with Crippen molar-refractivity contribution in [2.45, 2.75) is 37.8 Å². The lowest BCUT2D eigenvalue weighted by Crippen LogP contribution is -2.38. The van der Waals surface area contributed by atoms with Crippen LogP contribution < -0.4 is 11.1 Å². The van der Waals surface area contributed by atoms with Crippen LogP contribution in [0.3, 0.4) is 0 Å². The van der Waals surface area contributed by atoms with E-state index in [1.54, 1.807) is 6.07 Å². The SMILES string of the molecule is Nc1cc(C(=O)NC2CCSCC2)n(C2CC2)c1. The standard InChI is InChI=1S/C13H19N3OS/c14-9-7-12(16(8-9)11-1-2-11)13(17)15-10-3-5-18-6-4-10/h7-8,10-11H,1-6,14H2,(H,15,17). The summed E-state index contributed by atoms with van der Waals surface area (Å²) >= 11 is 1.97. The molecule has 0 spiro atoms. The number of nitrogen functional groups attached to an aromatic ring is 1. The van der Waals surface area contributed by atoms with E-state index in [1.807, 2.05) is 22.5 Å². The fraction of sp³-hybridized carbons (Fsp3) is 0.615. The number of amides is 1. The van der Waals surface area contributed by atoms with Gasteiger partial charge in [0.1, 0.15) is 5.69 Å². The Kier molecular flexibility index (Phi) is 3.24. The second-order valence-electron chi connectivity index (χ2n) is 5.16. The van der Waals surface area contributed by atoms with E-state index >= 15 is 0 Å². The Morgan fingerprint density at radius 1 is 1.33 bits per heavy atom. The molecule has 5 heteroatoms. The lowest BCUT2D eigenvalue weighted by Gasteiger charge is -2.22. The van der Waals surface area contributed by atoms with Gasteiger partial charge >= 0.3 is 0 Å². The molecule has 1 aliphatic heterocycles. The molecule has 4 nitrogen and oxygen atoms in total. The highest BCUT2D eigenvalue weighted by molar-refractivity contribution is 7.99. The first-order valence-corrected chi connectivity index (χ1v) is 7.75. The summed E-state index contributed by atoms with van der Waals surface area (Å²) in [6.45, 7) is 0. The van der Waals surface area contributed by atoms with Gasteiger partial charge in [-0.05, 0) is 43.3 Å². The summed E-state index contributed by atoms with van der Waals surface area (Å²) in [6, 6.07) is 2.62. The van der Waals surface area contributed by atoms with E-state index in [1.165, 1.54) is 0 Å². The van der Waals surface area contributed by atoms with E-state index in [0.717, 1.165) is 42.9 Å². The van der Waals surface area contributed by atoms with E-state index in [9.17, 15) is 4.79 Å². The predicted molar refractivity (Wildman–Crippen MR) is 74.9 cm³/mol. The molecular formula is C13H19N3OS. The average Bonchev–Trinajstić information content (AvgIpc) is 3.13. The van der Waals surface area contributed by atoms with Crippen LogP contribution in [0.4, 0.5) is 5.69 Å². The van der Waals surface area contributed by atoms with Gasteiger partial charge in [0.05, 0.1) is 5.69 Å². The molecule has 0 atom stereocenters. The maximum absolute atomic E-state index is 12.3. The predicted octanol–water partition coefficient (Wildman–Crippen LogP) is 2.03. The summed E-state index contributed by atoms with van der Waals surface area (Å²) in [5.41, 5.74) is 7.23. The number of anilines is 1. The van der Waals surface area contributed by atoms with Crippen LogP contribution in [0.25, 0.3) is 0 Å². The van der Waals surface area contributed by atoms with Gasteiger partial charge in [-0.15, -0.1) is 0 Å². The summed E-state index contributed by atoms with van der Waals surface area (Å²) < 4.78 is 2.04. The van der Waals surface area contributed by atoms with Crippen LogP contribution in [-0.2, 0) is 0 Å². The lowest BCUT2D eigenvalue weighted by atomic mass is 10.1. The summed E-state index contributed by atoms with van der Waals surface area (Å²) in [4.78, 5) is 12.3. The van der Waals surface area contributed by atoms with Gasteiger partial charge in [0.15, 0.2) is 0 Å². The number of carbonyl (C=O) groups is 1. The van der Waals surface area contributed by atoms with E-state index in [2.05, 4.69) is 5.32 Å². The number of thioether (sulfide) groups is 1. The molecule has 3 rings (SSSR count). The molecular weight excluding hydrogens is 246 g/mol. The minimum Gasteiger partial charge on any atom is -0.397 e. The number of rotatable bonds is 3. The lowest BCUT2D eigenvalue weighted by molar-refractivity contribution is 0.0925. The van der Waals surface area contributed by atoms with E-state index in [4.69, 9.17) is 5.73 Å². The van der Waals surface area contributed by atoms with Crippen molar-refractivity contribution in [1.29, 1.82) is 0 Å². The van der Waals surface area contributed by atoms with E-state index < -0.39 is 0 Å². The van der Waals surface area contributed by atoms with E-state index in [-0.39, 0.29) is 5.91 Å². The largest absolute Gasteiger partial charge is 0.397 e. The molecule has 1 aromatic heterocycles. The van der Waals surface area contributed by atoms with Gasteiger partial charge < -0.3 is 15.6 Å². The smallest absolute Gasteiger partial charge is 0.268 e. The third-order valence-corrected chi connectivity index (χ3v) is 4.65. The Balaban J connectivity index is 1.71. The Labute approximate surface area is 111 Å². The van der Waals surface area contributed by atoms with Crippen molar-refractivity contribution in [3.63, 3.8) is 0 Å². The van der Waals surface area contributed by atoms with Gasteiger partial charge in [-0.2, -0.15) is 11.8 Å². The Hall–Kier alpha value is -1.10. The number of carbonyl (C=O) groups excluding carboxylic acids is 1. The average molecular weight is 265 g/mol. The first kappa shape index (κ1) is 12.0. The summed E-state index contributed by atoms with van der Waals surface area (Å²) in [6.07, 6.45) is 6.37. The topological polar surface area (TPSA) is 60.1 Å². The molecule has 0 bridgehead atoms. The first-order valence-electron chi connectivity index (χ1n) is 6.60. The number of nitrogens with two attached hydrogens (primary N) is 1. The molecule has 98 valence electrons. The molecule has 2 heterocycles. The van der Waals surface area contributed by atoms with Crippen LogP contribution in [0.15, 0.2) is 12.3 Å². The van der Waals surface area contributed by atoms with Crippen molar-refractivity contribution >= 4 is 23.4 Å². The minimum atomic E-state index is 0.0375. The zero-order valence-corrected chi connectivity index (χ0v) is 11.2. The van der Waals surface area contributed by atoms with Gasteiger partial charge in [0.25, 0.3) is 5.91 Å². The molecule has 0 unspecified atom stereocenters. The normalized spacial score (nSPS) is 20.9. The zero-order valence-electron chi connectivity index (χ0n) is 10.4. The van der Waals surface area contributed by atoms with Crippen molar-refractivity contribution in [3.05, 3.63) is 18.0 Å². The minimum absolute atomic E-state index is 0.0375. The second-order valence-corrected chi connectivity index (χ2v) is 6.38. The van der Waals surface area contributed by atoms with Crippen molar-refractivity contribution < 1.29 is 4.79 Å². The second kappa shape index (κ2) is 4.88. The molecule has 0 aromatic carbocycles. The van der Waals surface area contributed by atoms with Gasteiger partial charge in [0.2, 0.25) is 0 Å². The molecule has 1 saturated heterocycles. The van der Waals surface area contributed by atoms with Gasteiger partial charge in [-0.3, -0.25) is 4.79 Å². The highest BCUT2D eigenvalue weighted by atomic mass is 32.2. The summed E-state index contributed by atoms with van der Waals surface area (Å²) in [7, 11) is 0. The van der Waals surface area contributed by atoms with Crippen LogP contribution >= 0.6 is 11.8 Å². The monoisotopic (exact) mass is 265 g/mol. The van der Waals surface area contributed by atoms with Crippen LogP contribution in [0.5, 0.6) is 0 Å². The molecule has 3 N–H and O–H groups in total. The van der Waals surface area contributed by atoms with Crippen molar-refractivity contribution in [2.24, 2.45) is 0 Å². The summed E-state index contributed by atoms with van der Waals surface area (Å²) in [5.74, 6) is 2.34. The molecule has 2 fully saturated rings. The van der Waals surface area contributed by atoms with E-state index in [0.29, 0.717) is 17.8 Å². The molecule has 1 aliphatic carbocycles. The van der Waals surface area contributed by atoms with Crippen LogP contribution in [0.2, 0.25) is 0 Å². The van der Waals surface area contributed by atoms with Crippen LogP contribution in [0, 0.1) is 0 Å². The number of nitrogens with one attached hydrogen (secondary N) is 1. The maximum atomic E-state index is 12.3. The van der Waals surface area contributed by atoms with Crippen molar-refractivity contribution in [2.75, 3.05) is 17.2 Å². The van der Waals surface area contributed by atoms with Crippen molar-refractivity contribution in [3.8, 4) is 0 Å². The molecule has 0 radical (unpaired) electrons. The maximum Gasteiger partial charge on any atom is 0.268 e. The third-order valence-electron chi connectivity index (χ3n) is 3.60. The van der Waals surface area contributed by atoms with Crippen LogP contribution in [0.1, 0.15) is 42.2 Å². The third kappa shape index (κ3) is 2.51. The summed E-state index contributed by atoms with van der Waals surface area (Å²) in [5, 5.41) is 3.14. The Morgan fingerprint density at radius 2 is 2.06 bits per heavy atom. The highest BCUT2D eigenvalue weighted by Crippen LogP contribution is 2.37. The van der Waals surface area contributed by atoms with Gasteiger partial charge in [0, 0.05) is 18.3 Å². The quantitative estimate of drug-likeness (QED) is 0.879. The number of hydrogen-bond donors (Lipinski definition) is 2. The number of aromatic nitrogens is 1. The van der Waals surface area contributed by atoms with Crippen LogP contribution in [-0.4, -0.2) is 28.0 Å². The Bertz CT molecular complexity index is 447. The molecule has 1 aromatic rings. The molecule has 2 aliphatic rings.